The molecule has 0 saturated carbocycles. The van der Waals surface area contributed by atoms with Crippen molar-refractivity contribution in [1.29, 1.82) is 0 Å². The van der Waals surface area contributed by atoms with E-state index in [1.54, 1.807) is 29.3 Å². The van der Waals surface area contributed by atoms with Gasteiger partial charge in [0.15, 0.2) is 0 Å². The Morgan fingerprint density at radius 1 is 1.44 bits per heavy atom. The number of carbonyl (C=O) groups is 1. The number of nitrogens with one attached hydrogen (secondary N) is 1. The summed E-state index contributed by atoms with van der Waals surface area (Å²) in [6.07, 6.45) is 3.34. The number of aromatic nitrogens is 4. The molecule has 0 fully saturated rings. The number of carbonyl (C=O) groups excluding carboxylic acids is 1. The highest BCUT2D eigenvalue weighted by atomic mass is 79.9. The average molecular weight is 284 g/mol. The standard InChI is InChI=1S/C9H10BrN5O/c1-14-4-6(10)3-7(14)8(16)12-9-13-11-5-15(9)2/h3-5H,1-2H3,(H,12,13,16). The molecule has 16 heavy (non-hydrogen) atoms. The predicted molar refractivity (Wildman–Crippen MR) is 62.1 cm³/mol. The van der Waals surface area contributed by atoms with Crippen LogP contribution in [0.4, 0.5) is 5.95 Å². The van der Waals surface area contributed by atoms with Crippen LogP contribution < -0.4 is 5.32 Å². The van der Waals surface area contributed by atoms with Gasteiger partial charge in [0, 0.05) is 24.8 Å². The normalized spacial score (nSPS) is 10.4. The number of nitrogens with zero attached hydrogens (tertiary/aromatic N) is 4. The Balaban J connectivity index is 2.21. The zero-order chi connectivity index (χ0) is 11.7. The Morgan fingerprint density at radius 3 is 2.69 bits per heavy atom. The van der Waals surface area contributed by atoms with E-state index in [9.17, 15) is 4.79 Å². The monoisotopic (exact) mass is 283 g/mol. The van der Waals surface area contributed by atoms with Gasteiger partial charge < -0.3 is 9.13 Å². The number of amides is 1. The lowest BCUT2D eigenvalue weighted by atomic mass is 10.4. The second-order valence-electron chi connectivity index (χ2n) is 3.37. The van der Waals surface area contributed by atoms with E-state index in [4.69, 9.17) is 0 Å². The zero-order valence-electron chi connectivity index (χ0n) is 8.81. The highest BCUT2D eigenvalue weighted by Gasteiger charge is 2.13. The van der Waals surface area contributed by atoms with Gasteiger partial charge in [0.2, 0.25) is 5.95 Å². The first kappa shape index (κ1) is 10.9. The molecule has 1 amide bonds. The van der Waals surface area contributed by atoms with Gasteiger partial charge in [-0.05, 0) is 22.0 Å². The van der Waals surface area contributed by atoms with Crippen molar-refractivity contribution in [1.82, 2.24) is 19.3 Å². The molecule has 2 heterocycles. The van der Waals surface area contributed by atoms with Crippen molar-refractivity contribution >= 4 is 27.8 Å². The third-order valence-corrected chi connectivity index (χ3v) is 2.57. The van der Waals surface area contributed by atoms with Crippen LogP contribution in [0, 0.1) is 0 Å². The fourth-order valence-electron chi connectivity index (χ4n) is 1.31. The number of hydrogen-bond donors (Lipinski definition) is 1. The first-order valence-corrected chi connectivity index (χ1v) is 5.34. The molecule has 1 N–H and O–H groups in total. The number of halogens is 1. The summed E-state index contributed by atoms with van der Waals surface area (Å²) < 4.78 is 4.23. The summed E-state index contributed by atoms with van der Waals surface area (Å²) in [5, 5.41) is 10.1. The Labute approximate surface area is 100 Å². The third kappa shape index (κ3) is 1.99. The van der Waals surface area contributed by atoms with E-state index in [2.05, 4.69) is 31.4 Å². The molecule has 0 bridgehead atoms. The zero-order valence-corrected chi connectivity index (χ0v) is 10.4. The van der Waals surface area contributed by atoms with E-state index in [-0.39, 0.29) is 5.91 Å². The summed E-state index contributed by atoms with van der Waals surface area (Å²) in [7, 11) is 3.56. The fraction of sp³-hybridized carbons (Fsp3) is 0.222. The van der Waals surface area contributed by atoms with Gasteiger partial charge in [0.1, 0.15) is 12.0 Å². The van der Waals surface area contributed by atoms with Crippen LogP contribution in [-0.2, 0) is 14.1 Å². The maximum absolute atomic E-state index is 11.9. The first-order valence-electron chi connectivity index (χ1n) is 4.55. The fourth-order valence-corrected chi connectivity index (χ4v) is 1.84. The van der Waals surface area contributed by atoms with E-state index >= 15 is 0 Å². The van der Waals surface area contributed by atoms with Crippen LogP contribution in [0.2, 0.25) is 0 Å². The van der Waals surface area contributed by atoms with Crippen molar-refractivity contribution in [2.45, 2.75) is 0 Å². The summed E-state index contributed by atoms with van der Waals surface area (Å²) in [5.41, 5.74) is 0.551. The molecule has 0 atom stereocenters. The average Bonchev–Trinajstić information content (AvgIpc) is 2.74. The molecule has 2 rings (SSSR count). The highest BCUT2D eigenvalue weighted by Crippen LogP contribution is 2.14. The molecule has 0 aliphatic heterocycles. The lowest BCUT2D eigenvalue weighted by molar-refractivity contribution is 0.101. The van der Waals surface area contributed by atoms with Crippen molar-refractivity contribution in [2.75, 3.05) is 5.32 Å². The lowest BCUT2D eigenvalue weighted by Crippen LogP contribution is -2.17. The molecule has 0 aliphatic rings. The van der Waals surface area contributed by atoms with E-state index in [1.165, 1.54) is 6.33 Å². The number of rotatable bonds is 2. The smallest absolute Gasteiger partial charge is 0.274 e. The van der Waals surface area contributed by atoms with Gasteiger partial charge in [-0.15, -0.1) is 10.2 Å². The van der Waals surface area contributed by atoms with Gasteiger partial charge in [-0.25, -0.2) is 0 Å². The maximum Gasteiger partial charge on any atom is 0.274 e. The van der Waals surface area contributed by atoms with Crippen molar-refractivity contribution < 1.29 is 4.79 Å². The summed E-state index contributed by atoms with van der Waals surface area (Å²) in [4.78, 5) is 11.9. The molecule has 6 nitrogen and oxygen atoms in total. The first-order chi connectivity index (χ1) is 7.58. The second kappa shape index (κ2) is 4.09. The molecule has 2 aromatic heterocycles. The Kier molecular flexibility index (Phi) is 2.78. The number of hydrogen-bond acceptors (Lipinski definition) is 3. The van der Waals surface area contributed by atoms with Crippen molar-refractivity contribution in [3.05, 3.63) is 28.8 Å². The highest BCUT2D eigenvalue weighted by molar-refractivity contribution is 9.10. The Morgan fingerprint density at radius 2 is 2.19 bits per heavy atom. The minimum Gasteiger partial charge on any atom is -0.345 e. The van der Waals surface area contributed by atoms with Crippen LogP contribution in [0.25, 0.3) is 0 Å². The molecular weight excluding hydrogens is 274 g/mol. The van der Waals surface area contributed by atoms with Crippen molar-refractivity contribution in [3.63, 3.8) is 0 Å². The van der Waals surface area contributed by atoms with Gasteiger partial charge in [-0.2, -0.15) is 0 Å². The molecule has 84 valence electrons. The topological polar surface area (TPSA) is 64.7 Å². The van der Waals surface area contributed by atoms with Crippen molar-refractivity contribution in [2.24, 2.45) is 14.1 Å². The van der Waals surface area contributed by atoms with E-state index in [0.717, 1.165) is 4.47 Å². The molecule has 0 saturated heterocycles. The van der Waals surface area contributed by atoms with E-state index in [1.807, 2.05) is 6.20 Å². The Hall–Kier alpha value is -1.63. The summed E-state index contributed by atoms with van der Waals surface area (Å²) in [6, 6.07) is 1.74. The number of anilines is 1. The second-order valence-corrected chi connectivity index (χ2v) is 4.29. The van der Waals surface area contributed by atoms with Gasteiger partial charge in [0.25, 0.3) is 5.91 Å². The molecule has 0 aliphatic carbocycles. The molecule has 7 heteroatoms. The van der Waals surface area contributed by atoms with Crippen LogP contribution in [0.5, 0.6) is 0 Å². The minimum atomic E-state index is -0.218. The van der Waals surface area contributed by atoms with Crippen LogP contribution in [-0.4, -0.2) is 25.2 Å². The minimum absolute atomic E-state index is 0.218. The van der Waals surface area contributed by atoms with Gasteiger partial charge in [0.05, 0.1) is 0 Å². The molecule has 0 spiro atoms. The van der Waals surface area contributed by atoms with E-state index < -0.39 is 0 Å². The summed E-state index contributed by atoms with van der Waals surface area (Å²) >= 11 is 3.31. The predicted octanol–water partition coefficient (Wildman–Crippen LogP) is 1.17. The largest absolute Gasteiger partial charge is 0.345 e. The maximum atomic E-state index is 11.9. The summed E-state index contributed by atoms with van der Waals surface area (Å²) in [6.45, 7) is 0. The molecule has 2 aromatic rings. The lowest BCUT2D eigenvalue weighted by Gasteiger charge is -2.04. The van der Waals surface area contributed by atoms with Crippen molar-refractivity contribution in [3.8, 4) is 0 Å². The SMILES string of the molecule is Cn1cc(Br)cc1C(=O)Nc1nncn1C. The van der Waals surface area contributed by atoms with Gasteiger partial charge in [-0.1, -0.05) is 0 Å². The van der Waals surface area contributed by atoms with Crippen LogP contribution in [0.1, 0.15) is 10.5 Å². The van der Waals surface area contributed by atoms with E-state index in [0.29, 0.717) is 11.6 Å². The van der Waals surface area contributed by atoms with Crippen LogP contribution >= 0.6 is 15.9 Å². The van der Waals surface area contributed by atoms with Crippen LogP contribution in [0.15, 0.2) is 23.1 Å². The van der Waals surface area contributed by atoms with Gasteiger partial charge in [-0.3, -0.25) is 10.1 Å². The molecular formula is C9H10BrN5O. The molecule has 0 unspecified atom stereocenters. The number of aryl methyl sites for hydroxylation is 2. The molecule has 0 radical (unpaired) electrons. The third-order valence-electron chi connectivity index (χ3n) is 2.14. The summed E-state index contributed by atoms with van der Waals surface area (Å²) in [5.74, 6) is 0.201. The van der Waals surface area contributed by atoms with Gasteiger partial charge >= 0.3 is 0 Å². The molecule has 0 aromatic carbocycles. The van der Waals surface area contributed by atoms with Crippen LogP contribution in [0.3, 0.4) is 0 Å². The quantitative estimate of drug-likeness (QED) is 0.900. The Bertz CT molecular complexity index is 530.